The molecule has 1 heterocycles. The third kappa shape index (κ3) is 3.63. The van der Waals surface area contributed by atoms with Crippen LogP contribution in [0.2, 0.25) is 0 Å². The van der Waals surface area contributed by atoms with Crippen molar-refractivity contribution < 1.29 is 0 Å². The van der Waals surface area contributed by atoms with Crippen molar-refractivity contribution in [1.82, 2.24) is 9.78 Å². The van der Waals surface area contributed by atoms with Gasteiger partial charge in [-0.25, -0.2) is 0 Å². The standard InChI is InChI=1S/C13H25N3/c1-5-11(2)16-9-6-12(15-16)10-13(3,4)7-8-14/h6,9,11H,5,7-8,10,14H2,1-4H3. The smallest absolute Gasteiger partial charge is 0.0630 e. The van der Waals surface area contributed by atoms with Crippen molar-refractivity contribution in [1.29, 1.82) is 0 Å². The molecule has 0 aliphatic heterocycles. The summed E-state index contributed by atoms with van der Waals surface area (Å²) in [6.07, 6.45) is 5.26. The summed E-state index contributed by atoms with van der Waals surface area (Å²) in [7, 11) is 0. The number of hydrogen-bond donors (Lipinski definition) is 1. The molecule has 1 rings (SSSR count). The van der Waals surface area contributed by atoms with Crippen molar-refractivity contribution in [2.45, 2.75) is 53.0 Å². The van der Waals surface area contributed by atoms with Crippen LogP contribution in [0.1, 0.15) is 52.3 Å². The van der Waals surface area contributed by atoms with E-state index in [4.69, 9.17) is 5.73 Å². The number of aromatic nitrogens is 2. The molecule has 0 spiro atoms. The molecule has 1 atom stereocenters. The summed E-state index contributed by atoms with van der Waals surface area (Å²) >= 11 is 0. The van der Waals surface area contributed by atoms with E-state index in [0.717, 1.165) is 25.8 Å². The van der Waals surface area contributed by atoms with Crippen LogP contribution in [0.15, 0.2) is 12.3 Å². The first-order valence-electron chi connectivity index (χ1n) is 6.22. The zero-order valence-corrected chi connectivity index (χ0v) is 11.0. The highest BCUT2D eigenvalue weighted by Gasteiger charge is 2.19. The molecule has 3 nitrogen and oxygen atoms in total. The minimum absolute atomic E-state index is 0.253. The summed E-state index contributed by atoms with van der Waals surface area (Å²) < 4.78 is 2.06. The van der Waals surface area contributed by atoms with Crippen molar-refractivity contribution >= 4 is 0 Å². The average Bonchev–Trinajstić information content (AvgIpc) is 2.64. The first kappa shape index (κ1) is 13.2. The summed E-state index contributed by atoms with van der Waals surface area (Å²) in [6.45, 7) is 9.63. The predicted octanol–water partition coefficient (Wildman–Crippen LogP) is 2.77. The van der Waals surface area contributed by atoms with Crippen molar-refractivity contribution in [2.24, 2.45) is 11.1 Å². The molecular weight excluding hydrogens is 198 g/mol. The van der Waals surface area contributed by atoms with E-state index in [9.17, 15) is 0 Å². The van der Waals surface area contributed by atoms with Gasteiger partial charge < -0.3 is 5.73 Å². The Kier molecular flexibility index (Phi) is 4.54. The maximum Gasteiger partial charge on any atom is 0.0630 e. The van der Waals surface area contributed by atoms with Gasteiger partial charge in [0.2, 0.25) is 0 Å². The molecule has 1 unspecified atom stereocenters. The van der Waals surface area contributed by atoms with E-state index in [0.29, 0.717) is 6.04 Å². The van der Waals surface area contributed by atoms with Crippen LogP contribution in [0.4, 0.5) is 0 Å². The lowest BCUT2D eigenvalue weighted by atomic mass is 9.84. The fraction of sp³-hybridized carbons (Fsp3) is 0.769. The second kappa shape index (κ2) is 5.48. The van der Waals surface area contributed by atoms with Crippen LogP contribution < -0.4 is 5.73 Å². The average molecular weight is 223 g/mol. The van der Waals surface area contributed by atoms with E-state index in [1.54, 1.807) is 0 Å². The zero-order valence-electron chi connectivity index (χ0n) is 11.0. The van der Waals surface area contributed by atoms with Gasteiger partial charge in [0, 0.05) is 12.2 Å². The molecule has 1 aromatic heterocycles. The van der Waals surface area contributed by atoms with Gasteiger partial charge in [-0.1, -0.05) is 20.8 Å². The number of rotatable bonds is 6. The van der Waals surface area contributed by atoms with Gasteiger partial charge in [0.05, 0.1) is 5.69 Å². The van der Waals surface area contributed by atoms with Crippen molar-refractivity contribution in [3.8, 4) is 0 Å². The van der Waals surface area contributed by atoms with E-state index in [-0.39, 0.29) is 5.41 Å². The second-order valence-corrected chi connectivity index (χ2v) is 5.42. The van der Waals surface area contributed by atoms with Gasteiger partial charge in [-0.2, -0.15) is 5.10 Å². The van der Waals surface area contributed by atoms with Crippen LogP contribution >= 0.6 is 0 Å². The van der Waals surface area contributed by atoms with Crippen LogP contribution in [0, 0.1) is 5.41 Å². The van der Waals surface area contributed by atoms with E-state index >= 15 is 0 Å². The van der Waals surface area contributed by atoms with Crippen LogP contribution in [-0.2, 0) is 6.42 Å². The lowest BCUT2D eigenvalue weighted by Crippen LogP contribution is -2.20. The number of nitrogens with zero attached hydrogens (tertiary/aromatic N) is 2. The molecule has 0 amide bonds. The third-order valence-electron chi connectivity index (χ3n) is 3.19. The van der Waals surface area contributed by atoms with Gasteiger partial charge >= 0.3 is 0 Å². The first-order chi connectivity index (χ1) is 7.48. The molecule has 92 valence electrons. The monoisotopic (exact) mass is 223 g/mol. The lowest BCUT2D eigenvalue weighted by Gasteiger charge is -2.22. The van der Waals surface area contributed by atoms with Gasteiger partial charge in [-0.15, -0.1) is 0 Å². The molecule has 0 radical (unpaired) electrons. The van der Waals surface area contributed by atoms with Gasteiger partial charge in [-0.05, 0) is 44.2 Å². The van der Waals surface area contributed by atoms with Crippen LogP contribution in [0.3, 0.4) is 0 Å². The Morgan fingerprint density at radius 1 is 1.50 bits per heavy atom. The largest absolute Gasteiger partial charge is 0.330 e. The van der Waals surface area contributed by atoms with Gasteiger partial charge in [0.25, 0.3) is 0 Å². The Morgan fingerprint density at radius 2 is 2.19 bits per heavy atom. The molecule has 0 fully saturated rings. The van der Waals surface area contributed by atoms with Crippen LogP contribution in [0.25, 0.3) is 0 Å². The van der Waals surface area contributed by atoms with E-state index in [1.165, 1.54) is 5.69 Å². The van der Waals surface area contributed by atoms with Crippen LogP contribution in [-0.4, -0.2) is 16.3 Å². The van der Waals surface area contributed by atoms with Gasteiger partial charge in [0.15, 0.2) is 0 Å². The maximum absolute atomic E-state index is 5.62. The fourth-order valence-electron chi connectivity index (χ4n) is 1.87. The van der Waals surface area contributed by atoms with Crippen molar-refractivity contribution in [3.63, 3.8) is 0 Å². The summed E-state index contributed by atoms with van der Waals surface area (Å²) in [5.41, 5.74) is 7.05. The lowest BCUT2D eigenvalue weighted by molar-refractivity contribution is 0.332. The molecular formula is C13H25N3. The van der Waals surface area contributed by atoms with E-state index in [1.807, 2.05) is 0 Å². The van der Waals surface area contributed by atoms with Crippen LogP contribution in [0.5, 0.6) is 0 Å². The molecule has 2 N–H and O–H groups in total. The summed E-state index contributed by atoms with van der Waals surface area (Å²) in [5.74, 6) is 0. The molecule has 3 heteroatoms. The third-order valence-corrected chi connectivity index (χ3v) is 3.19. The van der Waals surface area contributed by atoms with Gasteiger partial charge in [0.1, 0.15) is 0 Å². The zero-order chi connectivity index (χ0) is 12.2. The Labute approximate surface area is 99.0 Å². The fourth-order valence-corrected chi connectivity index (χ4v) is 1.87. The minimum Gasteiger partial charge on any atom is -0.330 e. The molecule has 0 saturated heterocycles. The molecule has 0 bridgehead atoms. The quantitative estimate of drug-likeness (QED) is 0.806. The topological polar surface area (TPSA) is 43.8 Å². The first-order valence-corrected chi connectivity index (χ1v) is 6.22. The summed E-state index contributed by atoms with van der Waals surface area (Å²) in [4.78, 5) is 0. The molecule has 0 aliphatic rings. The normalized spacial score (nSPS) is 14.1. The Morgan fingerprint density at radius 3 is 2.75 bits per heavy atom. The Hall–Kier alpha value is -0.830. The Bertz CT molecular complexity index is 315. The molecule has 16 heavy (non-hydrogen) atoms. The highest BCUT2D eigenvalue weighted by molar-refractivity contribution is 5.02. The number of nitrogens with two attached hydrogens (primary N) is 1. The highest BCUT2D eigenvalue weighted by atomic mass is 15.3. The van der Waals surface area contributed by atoms with Crippen molar-refractivity contribution in [2.75, 3.05) is 6.54 Å². The SMILES string of the molecule is CCC(C)n1ccc(CC(C)(C)CCN)n1. The predicted molar refractivity (Wildman–Crippen MR) is 68.4 cm³/mol. The minimum atomic E-state index is 0.253. The second-order valence-electron chi connectivity index (χ2n) is 5.42. The van der Waals surface area contributed by atoms with E-state index in [2.05, 4.69) is 49.7 Å². The molecule has 1 aromatic rings. The summed E-state index contributed by atoms with van der Waals surface area (Å²) in [6, 6.07) is 2.62. The van der Waals surface area contributed by atoms with Crippen molar-refractivity contribution in [3.05, 3.63) is 18.0 Å². The molecule has 0 aliphatic carbocycles. The molecule has 0 saturated carbocycles. The van der Waals surface area contributed by atoms with E-state index < -0.39 is 0 Å². The van der Waals surface area contributed by atoms with Gasteiger partial charge in [-0.3, -0.25) is 4.68 Å². The highest BCUT2D eigenvalue weighted by Crippen LogP contribution is 2.24. The maximum atomic E-state index is 5.62. The number of hydrogen-bond acceptors (Lipinski definition) is 2. The Balaban J connectivity index is 2.65. The summed E-state index contributed by atoms with van der Waals surface area (Å²) in [5, 5.41) is 4.62. The molecule has 0 aromatic carbocycles.